The lowest BCUT2D eigenvalue weighted by atomic mass is 10.0. The summed E-state index contributed by atoms with van der Waals surface area (Å²) in [7, 11) is 1.56. The first-order valence-corrected chi connectivity index (χ1v) is 9.19. The quantitative estimate of drug-likeness (QED) is 0.305. The molecule has 2 aromatic carbocycles. The van der Waals surface area contributed by atoms with E-state index in [9.17, 15) is 10.0 Å². The second kappa shape index (κ2) is 8.30. The highest BCUT2D eigenvalue weighted by Gasteiger charge is 2.30. The number of aliphatic imine (C=N–C) groups is 1. The van der Waals surface area contributed by atoms with Gasteiger partial charge in [-0.15, -0.1) is 17.5 Å². The van der Waals surface area contributed by atoms with Crippen LogP contribution in [0, 0.1) is 4.91 Å². The third-order valence-electron chi connectivity index (χ3n) is 4.37. The van der Waals surface area contributed by atoms with Crippen molar-refractivity contribution >= 4 is 41.4 Å². The molecule has 2 aromatic rings. The summed E-state index contributed by atoms with van der Waals surface area (Å²) in [5, 5.41) is 17.8. The summed E-state index contributed by atoms with van der Waals surface area (Å²) >= 11 is 4.54. The van der Waals surface area contributed by atoms with E-state index in [2.05, 4.69) is 33.3 Å². The zero-order valence-corrected chi connectivity index (χ0v) is 16.6. The topological polar surface area (TPSA) is 98.9 Å². The molecule has 8 nitrogen and oxygen atoms in total. The van der Waals surface area contributed by atoms with Crippen LogP contribution in [0.1, 0.15) is 25.0 Å². The Kier molecular flexibility index (Phi) is 5.84. The Morgan fingerprint density at radius 2 is 2.18 bits per heavy atom. The minimum atomic E-state index is -0.439. The number of amidine groups is 1. The van der Waals surface area contributed by atoms with E-state index in [0.717, 1.165) is 11.3 Å². The van der Waals surface area contributed by atoms with Crippen molar-refractivity contribution in [1.29, 1.82) is 0 Å². The predicted octanol–water partition coefficient (Wildman–Crippen LogP) is 4.03. The van der Waals surface area contributed by atoms with Gasteiger partial charge in [-0.05, 0) is 41.4 Å². The van der Waals surface area contributed by atoms with Crippen LogP contribution >= 0.6 is 12.6 Å². The van der Waals surface area contributed by atoms with E-state index in [4.69, 9.17) is 4.74 Å². The molecule has 2 N–H and O–H groups in total. The highest BCUT2D eigenvalue weighted by Crippen LogP contribution is 2.34. The van der Waals surface area contributed by atoms with Crippen LogP contribution in [0.15, 0.2) is 51.7 Å². The van der Waals surface area contributed by atoms with Gasteiger partial charge in [0.1, 0.15) is 11.4 Å². The summed E-state index contributed by atoms with van der Waals surface area (Å²) in [6.07, 6.45) is 0.597. The molecule has 0 amide bonds. The fourth-order valence-corrected chi connectivity index (χ4v) is 3.21. The summed E-state index contributed by atoms with van der Waals surface area (Å²) in [6, 6.07) is 10.6. The molecule has 1 aliphatic heterocycles. The fourth-order valence-electron chi connectivity index (χ4n) is 2.91. The van der Waals surface area contributed by atoms with Gasteiger partial charge in [0.25, 0.3) is 0 Å². The van der Waals surface area contributed by atoms with Crippen LogP contribution < -0.4 is 10.3 Å². The highest BCUT2D eigenvalue weighted by atomic mass is 32.1. The predicted molar refractivity (Wildman–Crippen MR) is 114 cm³/mol. The van der Waals surface area contributed by atoms with E-state index in [0.29, 0.717) is 29.4 Å². The van der Waals surface area contributed by atoms with Crippen LogP contribution in [-0.2, 0) is 11.2 Å². The van der Waals surface area contributed by atoms with E-state index in [-0.39, 0.29) is 11.4 Å². The Hall–Kier alpha value is -3.07. The first-order valence-electron chi connectivity index (χ1n) is 8.68. The number of nitrogens with zero attached hydrogens (tertiary/aromatic N) is 4. The zero-order valence-electron chi connectivity index (χ0n) is 15.7. The Balaban J connectivity index is 2.05. The van der Waals surface area contributed by atoms with Gasteiger partial charge in [0, 0.05) is 18.7 Å². The first-order chi connectivity index (χ1) is 13.5. The molecule has 3 rings (SSSR count). The fraction of sp³-hybridized carbons (Fsp3) is 0.263. The van der Waals surface area contributed by atoms with E-state index in [1.807, 2.05) is 36.1 Å². The number of hydrogen-bond acceptors (Lipinski definition) is 9. The molecule has 0 aliphatic carbocycles. The van der Waals surface area contributed by atoms with Gasteiger partial charge in [-0.3, -0.25) is 10.3 Å². The number of aryl methyl sites for hydroxylation is 1. The van der Waals surface area contributed by atoms with Gasteiger partial charge < -0.3 is 9.84 Å². The third kappa shape index (κ3) is 3.79. The van der Waals surface area contributed by atoms with E-state index >= 15 is 0 Å². The number of nitroso groups, excluding NO2 is 1. The average Bonchev–Trinajstić information content (AvgIpc) is 3.08. The maximum atomic E-state index is 11.0. The molecule has 0 bridgehead atoms. The molecule has 28 heavy (non-hydrogen) atoms. The number of hydrazone groups is 1. The Morgan fingerprint density at radius 3 is 2.86 bits per heavy atom. The largest absolute Gasteiger partial charge is 0.507 e. The van der Waals surface area contributed by atoms with E-state index < -0.39 is 5.50 Å². The van der Waals surface area contributed by atoms with Gasteiger partial charge in [0.05, 0.1) is 18.4 Å². The van der Waals surface area contributed by atoms with Crippen LogP contribution in [0.5, 0.6) is 5.75 Å². The number of aromatic hydroxyl groups is 1. The van der Waals surface area contributed by atoms with Gasteiger partial charge in [0.2, 0.25) is 0 Å². The number of benzene rings is 2. The normalized spacial score (nSPS) is 16.6. The number of phenols is 1. The smallest absolute Gasteiger partial charge is 0.184 e. The number of nitrogens with one attached hydrogen (secondary N) is 1. The molecule has 0 fully saturated rings. The van der Waals surface area contributed by atoms with Gasteiger partial charge in [0.15, 0.2) is 17.2 Å². The highest BCUT2D eigenvalue weighted by molar-refractivity contribution is 7.81. The standard InChI is InChI=1S/C19H21N5O3S/c1-4-12-8-15(17(25)10-16(12)23-26)18-21-22-19(28)24(18)14-7-5-6-13(9-14)20-11(2)27-3/h5-10,19,22,25,28H,4H2,1-3H3. The lowest BCUT2D eigenvalue weighted by Crippen LogP contribution is -2.36. The second-order valence-electron chi connectivity index (χ2n) is 6.11. The SMILES string of the molecule is CCc1cc(C2=NNC(S)N2c2cccc(N=C(C)OC)c2)c(O)cc1N=O. The molecular weight excluding hydrogens is 378 g/mol. The van der Waals surface area contributed by atoms with Crippen molar-refractivity contribution in [2.45, 2.75) is 25.8 Å². The number of thiol groups is 1. The maximum absolute atomic E-state index is 11.0. The summed E-state index contributed by atoms with van der Waals surface area (Å²) < 4.78 is 5.11. The lowest BCUT2D eigenvalue weighted by molar-refractivity contribution is 0.400. The Labute approximate surface area is 168 Å². The first kappa shape index (κ1) is 19.7. The molecule has 0 aromatic heterocycles. The van der Waals surface area contributed by atoms with Crippen molar-refractivity contribution in [3.8, 4) is 5.75 Å². The summed E-state index contributed by atoms with van der Waals surface area (Å²) in [6.45, 7) is 3.68. The minimum Gasteiger partial charge on any atom is -0.507 e. The van der Waals surface area contributed by atoms with Gasteiger partial charge >= 0.3 is 0 Å². The summed E-state index contributed by atoms with van der Waals surface area (Å²) in [4.78, 5) is 17.2. The summed E-state index contributed by atoms with van der Waals surface area (Å²) in [5.41, 5.74) is 5.38. The van der Waals surface area contributed by atoms with Gasteiger partial charge in [-0.1, -0.05) is 13.0 Å². The molecular formula is C19H21N5O3S. The third-order valence-corrected chi connectivity index (χ3v) is 4.71. The Bertz CT molecular complexity index is 961. The molecule has 0 saturated heterocycles. The van der Waals surface area contributed by atoms with Gasteiger partial charge in [-0.25, -0.2) is 4.99 Å². The number of hydrogen-bond donors (Lipinski definition) is 3. The number of methoxy groups -OCH3 is 1. The number of anilines is 1. The number of rotatable bonds is 5. The van der Waals surface area contributed by atoms with E-state index in [1.165, 1.54) is 6.07 Å². The summed E-state index contributed by atoms with van der Waals surface area (Å²) in [5.74, 6) is 0.939. The monoisotopic (exact) mass is 399 g/mol. The molecule has 9 heteroatoms. The van der Waals surface area contributed by atoms with Crippen molar-refractivity contribution in [1.82, 2.24) is 5.43 Å². The van der Waals surface area contributed by atoms with Crippen LogP contribution in [-0.4, -0.2) is 29.4 Å². The lowest BCUT2D eigenvalue weighted by Gasteiger charge is -2.25. The molecule has 1 aliphatic rings. The number of ether oxygens (including phenoxy) is 1. The van der Waals surface area contributed by atoms with Crippen molar-refractivity contribution < 1.29 is 9.84 Å². The average molecular weight is 399 g/mol. The molecule has 0 radical (unpaired) electrons. The van der Waals surface area contributed by atoms with Crippen LogP contribution in [0.3, 0.4) is 0 Å². The molecule has 1 heterocycles. The molecule has 1 atom stereocenters. The Morgan fingerprint density at radius 1 is 1.39 bits per heavy atom. The number of phenolic OH excluding ortho intramolecular Hbond substituents is 1. The molecule has 1 unspecified atom stereocenters. The van der Waals surface area contributed by atoms with Crippen molar-refractivity contribution in [3.63, 3.8) is 0 Å². The maximum Gasteiger partial charge on any atom is 0.184 e. The molecule has 146 valence electrons. The van der Waals surface area contributed by atoms with Crippen molar-refractivity contribution in [2.24, 2.45) is 15.3 Å². The molecule has 0 saturated carbocycles. The van der Waals surface area contributed by atoms with Crippen molar-refractivity contribution in [3.05, 3.63) is 52.4 Å². The van der Waals surface area contributed by atoms with Crippen LogP contribution in [0.25, 0.3) is 0 Å². The molecule has 0 spiro atoms. The van der Waals surface area contributed by atoms with Gasteiger partial charge in [-0.2, -0.15) is 5.10 Å². The second-order valence-corrected chi connectivity index (χ2v) is 6.60. The van der Waals surface area contributed by atoms with Crippen molar-refractivity contribution in [2.75, 3.05) is 12.0 Å². The minimum absolute atomic E-state index is 0.0795. The zero-order chi connectivity index (χ0) is 20.3. The van der Waals surface area contributed by atoms with E-state index in [1.54, 1.807) is 20.1 Å². The van der Waals surface area contributed by atoms with Crippen LogP contribution in [0.4, 0.5) is 17.1 Å². The van der Waals surface area contributed by atoms with Crippen LogP contribution in [0.2, 0.25) is 0 Å².